The second kappa shape index (κ2) is 8.53. The van der Waals surface area contributed by atoms with E-state index in [0.717, 1.165) is 0 Å². The molecule has 0 aromatic heterocycles. The van der Waals surface area contributed by atoms with Crippen LogP contribution in [0.25, 0.3) is 0 Å². The van der Waals surface area contributed by atoms with Crippen molar-refractivity contribution in [1.82, 2.24) is 4.90 Å². The number of ether oxygens (including phenoxy) is 2. The number of rotatable bonds is 7. The van der Waals surface area contributed by atoms with Gasteiger partial charge < -0.3 is 19.5 Å². The normalized spacial score (nSPS) is 15.4. The third-order valence-corrected chi connectivity index (χ3v) is 3.94. The molecule has 6 nitrogen and oxygen atoms in total. The van der Waals surface area contributed by atoms with Gasteiger partial charge in [-0.05, 0) is 31.9 Å². The van der Waals surface area contributed by atoms with Gasteiger partial charge in [0.2, 0.25) is 0 Å². The lowest BCUT2D eigenvalue weighted by molar-refractivity contribution is -0.143. The minimum atomic E-state index is -0.781. The van der Waals surface area contributed by atoms with E-state index in [1.54, 1.807) is 23.1 Å². The van der Waals surface area contributed by atoms with Crippen LogP contribution in [0.4, 0.5) is 0 Å². The summed E-state index contributed by atoms with van der Waals surface area (Å²) in [5, 5.41) is 9.03. The van der Waals surface area contributed by atoms with E-state index in [4.69, 9.17) is 14.6 Å². The van der Waals surface area contributed by atoms with E-state index >= 15 is 0 Å². The van der Waals surface area contributed by atoms with Gasteiger partial charge in [0.25, 0.3) is 5.91 Å². The molecule has 2 rings (SSSR count). The summed E-state index contributed by atoms with van der Waals surface area (Å²) < 4.78 is 10.9. The number of carbonyl (C=O) groups is 2. The lowest BCUT2D eigenvalue weighted by atomic mass is 9.96. The van der Waals surface area contributed by atoms with Gasteiger partial charge in [-0.25, -0.2) is 0 Å². The molecule has 1 fully saturated rings. The number of aliphatic carboxylic acids is 1. The summed E-state index contributed by atoms with van der Waals surface area (Å²) in [6.07, 6.45) is 0.989. The Hall–Kier alpha value is -2.08. The van der Waals surface area contributed by atoms with Crippen molar-refractivity contribution >= 4 is 11.9 Å². The molecule has 0 saturated carbocycles. The summed E-state index contributed by atoms with van der Waals surface area (Å²) in [5.74, 6) is -0.702. The van der Waals surface area contributed by atoms with E-state index in [0.29, 0.717) is 57.1 Å². The van der Waals surface area contributed by atoms with E-state index in [1.807, 2.05) is 13.0 Å². The molecular formula is C17H23NO5. The first-order chi connectivity index (χ1) is 11.1. The molecule has 0 spiro atoms. The van der Waals surface area contributed by atoms with Crippen LogP contribution in [0.3, 0.4) is 0 Å². The SMILES string of the molecule is CCOCCOc1ccccc1C(=O)N1CCC(C(=O)O)CC1. The number of hydrogen-bond donors (Lipinski definition) is 1. The molecule has 1 aromatic rings. The standard InChI is InChI=1S/C17H23NO5/c1-2-22-11-12-23-15-6-4-3-5-14(15)16(19)18-9-7-13(8-10-18)17(20)21/h3-6,13H,2,7-12H2,1H3,(H,20,21). The van der Waals surface area contributed by atoms with E-state index < -0.39 is 5.97 Å². The molecule has 1 aliphatic rings. The predicted octanol–water partition coefficient (Wildman–Crippen LogP) is 2.04. The number of amides is 1. The van der Waals surface area contributed by atoms with Crippen LogP contribution in [-0.2, 0) is 9.53 Å². The number of likely N-dealkylation sites (tertiary alicyclic amines) is 1. The van der Waals surface area contributed by atoms with Crippen LogP contribution in [0.5, 0.6) is 5.75 Å². The summed E-state index contributed by atoms with van der Waals surface area (Å²) >= 11 is 0. The van der Waals surface area contributed by atoms with E-state index in [2.05, 4.69) is 0 Å². The molecule has 0 atom stereocenters. The maximum absolute atomic E-state index is 12.7. The Balaban J connectivity index is 1.98. The number of benzene rings is 1. The van der Waals surface area contributed by atoms with Crippen molar-refractivity contribution in [3.63, 3.8) is 0 Å². The fraction of sp³-hybridized carbons (Fsp3) is 0.529. The smallest absolute Gasteiger partial charge is 0.306 e. The molecule has 126 valence electrons. The topological polar surface area (TPSA) is 76.1 Å². The third kappa shape index (κ3) is 4.69. The van der Waals surface area contributed by atoms with E-state index in [9.17, 15) is 9.59 Å². The molecular weight excluding hydrogens is 298 g/mol. The Morgan fingerprint density at radius 3 is 2.57 bits per heavy atom. The van der Waals surface area contributed by atoms with Gasteiger partial charge >= 0.3 is 5.97 Å². The molecule has 1 amide bonds. The first kappa shape index (κ1) is 17.3. The van der Waals surface area contributed by atoms with Crippen LogP contribution in [0.15, 0.2) is 24.3 Å². The second-order valence-corrected chi connectivity index (χ2v) is 5.45. The first-order valence-corrected chi connectivity index (χ1v) is 7.95. The zero-order valence-corrected chi connectivity index (χ0v) is 13.4. The molecule has 0 unspecified atom stereocenters. The van der Waals surface area contributed by atoms with Crippen LogP contribution in [0.1, 0.15) is 30.1 Å². The molecule has 6 heteroatoms. The van der Waals surface area contributed by atoms with Gasteiger partial charge in [-0.15, -0.1) is 0 Å². The molecule has 23 heavy (non-hydrogen) atoms. The first-order valence-electron chi connectivity index (χ1n) is 7.95. The predicted molar refractivity (Wildman–Crippen MR) is 84.7 cm³/mol. The molecule has 0 radical (unpaired) electrons. The number of piperidine rings is 1. The molecule has 1 heterocycles. The highest BCUT2D eigenvalue weighted by Gasteiger charge is 2.28. The number of para-hydroxylation sites is 1. The van der Waals surface area contributed by atoms with Gasteiger partial charge in [0.05, 0.1) is 18.1 Å². The Kier molecular flexibility index (Phi) is 6.40. The van der Waals surface area contributed by atoms with Crippen molar-refractivity contribution in [2.24, 2.45) is 5.92 Å². The lowest BCUT2D eigenvalue weighted by Crippen LogP contribution is -2.40. The van der Waals surface area contributed by atoms with Crippen LogP contribution < -0.4 is 4.74 Å². The van der Waals surface area contributed by atoms with Crippen molar-refractivity contribution in [2.75, 3.05) is 32.9 Å². The fourth-order valence-electron chi connectivity index (χ4n) is 2.62. The zero-order chi connectivity index (χ0) is 16.7. The summed E-state index contributed by atoms with van der Waals surface area (Å²) in [5.41, 5.74) is 0.512. The molecule has 0 aliphatic carbocycles. The monoisotopic (exact) mass is 321 g/mol. The minimum Gasteiger partial charge on any atom is -0.490 e. The fourth-order valence-corrected chi connectivity index (χ4v) is 2.62. The van der Waals surface area contributed by atoms with Gasteiger partial charge in [-0.2, -0.15) is 0 Å². The van der Waals surface area contributed by atoms with Gasteiger partial charge in [0, 0.05) is 19.7 Å². The summed E-state index contributed by atoms with van der Waals surface area (Å²) in [6, 6.07) is 7.13. The van der Waals surface area contributed by atoms with Crippen molar-refractivity contribution in [1.29, 1.82) is 0 Å². The Bertz CT molecular complexity index is 538. The number of nitrogens with zero attached hydrogens (tertiary/aromatic N) is 1. The summed E-state index contributed by atoms with van der Waals surface area (Å²) in [4.78, 5) is 25.3. The van der Waals surface area contributed by atoms with E-state index in [-0.39, 0.29) is 11.8 Å². The maximum atomic E-state index is 12.7. The van der Waals surface area contributed by atoms with Crippen molar-refractivity contribution in [3.8, 4) is 5.75 Å². The van der Waals surface area contributed by atoms with E-state index in [1.165, 1.54) is 0 Å². The lowest BCUT2D eigenvalue weighted by Gasteiger charge is -2.30. The van der Waals surface area contributed by atoms with Crippen LogP contribution in [0, 0.1) is 5.92 Å². The molecule has 0 bridgehead atoms. The molecule has 1 saturated heterocycles. The Labute approximate surface area is 136 Å². The highest BCUT2D eigenvalue weighted by Crippen LogP contribution is 2.24. The number of carboxylic acid groups (broad SMARTS) is 1. The van der Waals surface area contributed by atoms with Crippen LogP contribution in [0.2, 0.25) is 0 Å². The average molecular weight is 321 g/mol. The van der Waals surface area contributed by atoms with Gasteiger partial charge in [0.1, 0.15) is 12.4 Å². The van der Waals surface area contributed by atoms with Gasteiger partial charge in [-0.1, -0.05) is 12.1 Å². The van der Waals surface area contributed by atoms with Crippen LogP contribution in [-0.4, -0.2) is 54.8 Å². The maximum Gasteiger partial charge on any atom is 0.306 e. The largest absolute Gasteiger partial charge is 0.490 e. The highest BCUT2D eigenvalue weighted by atomic mass is 16.5. The van der Waals surface area contributed by atoms with Gasteiger partial charge in [0.15, 0.2) is 0 Å². The average Bonchev–Trinajstić information content (AvgIpc) is 2.58. The number of hydrogen-bond acceptors (Lipinski definition) is 4. The highest BCUT2D eigenvalue weighted by molar-refractivity contribution is 5.97. The Morgan fingerprint density at radius 1 is 1.22 bits per heavy atom. The van der Waals surface area contributed by atoms with Crippen LogP contribution >= 0.6 is 0 Å². The second-order valence-electron chi connectivity index (χ2n) is 5.45. The Morgan fingerprint density at radius 2 is 1.91 bits per heavy atom. The summed E-state index contributed by atoms with van der Waals surface area (Å²) in [7, 11) is 0. The number of carboxylic acids is 1. The molecule has 1 N–H and O–H groups in total. The molecule has 1 aliphatic heterocycles. The van der Waals surface area contributed by atoms with Crippen molar-refractivity contribution in [2.45, 2.75) is 19.8 Å². The number of carbonyl (C=O) groups excluding carboxylic acids is 1. The van der Waals surface area contributed by atoms with Crippen molar-refractivity contribution in [3.05, 3.63) is 29.8 Å². The summed E-state index contributed by atoms with van der Waals surface area (Å²) in [6.45, 7) is 4.33. The van der Waals surface area contributed by atoms with Crippen molar-refractivity contribution < 1.29 is 24.2 Å². The third-order valence-electron chi connectivity index (χ3n) is 3.94. The molecule has 1 aromatic carbocycles. The quantitative estimate of drug-likeness (QED) is 0.778. The zero-order valence-electron chi connectivity index (χ0n) is 13.4. The van der Waals surface area contributed by atoms with Gasteiger partial charge in [-0.3, -0.25) is 9.59 Å². The minimum absolute atomic E-state index is 0.110.